The number of morpholine rings is 1. The number of nitrogens with one attached hydrogen (secondary N) is 2. The average molecular weight is 478 g/mol. The van der Waals surface area contributed by atoms with Crippen molar-refractivity contribution < 1.29 is 22.7 Å². The summed E-state index contributed by atoms with van der Waals surface area (Å²) < 4.78 is 37.6. The molecule has 2 aromatic carbocycles. The first-order valence-electron chi connectivity index (χ1n) is 10.4. The predicted octanol–water partition coefficient (Wildman–Crippen LogP) is 3.01. The lowest BCUT2D eigenvalue weighted by Crippen LogP contribution is -2.40. The zero-order valence-corrected chi connectivity index (χ0v) is 19.5. The third kappa shape index (κ3) is 6.49. The third-order valence-electron chi connectivity index (χ3n) is 4.83. The van der Waals surface area contributed by atoms with Gasteiger partial charge in [-0.1, -0.05) is 13.3 Å². The maximum atomic E-state index is 12.7. The van der Waals surface area contributed by atoms with Crippen LogP contribution in [0.15, 0.2) is 53.4 Å². The van der Waals surface area contributed by atoms with Crippen LogP contribution in [-0.2, 0) is 14.8 Å². The van der Waals surface area contributed by atoms with E-state index < -0.39 is 10.0 Å². The highest BCUT2D eigenvalue weighted by Crippen LogP contribution is 2.19. The molecule has 2 N–H and O–H groups in total. The van der Waals surface area contributed by atoms with E-state index in [1.165, 1.54) is 16.4 Å². The van der Waals surface area contributed by atoms with Gasteiger partial charge in [-0.05, 0) is 67.2 Å². The molecule has 3 rings (SSSR count). The van der Waals surface area contributed by atoms with Crippen molar-refractivity contribution in [1.82, 2.24) is 9.62 Å². The molecule has 1 fully saturated rings. The molecule has 32 heavy (non-hydrogen) atoms. The van der Waals surface area contributed by atoms with Gasteiger partial charge in [0, 0.05) is 24.3 Å². The lowest BCUT2D eigenvalue weighted by molar-refractivity contribution is 0.0730. The van der Waals surface area contributed by atoms with Crippen LogP contribution in [0.2, 0.25) is 0 Å². The molecule has 1 amide bonds. The Morgan fingerprint density at radius 2 is 1.75 bits per heavy atom. The minimum absolute atomic E-state index is 0.113. The molecule has 0 atom stereocenters. The van der Waals surface area contributed by atoms with Crippen LogP contribution < -0.4 is 15.4 Å². The Morgan fingerprint density at radius 1 is 1.09 bits per heavy atom. The van der Waals surface area contributed by atoms with E-state index in [-0.39, 0.29) is 15.9 Å². The van der Waals surface area contributed by atoms with Crippen LogP contribution in [0.1, 0.15) is 30.1 Å². The van der Waals surface area contributed by atoms with E-state index in [0.29, 0.717) is 49.9 Å². The van der Waals surface area contributed by atoms with E-state index in [4.69, 9.17) is 21.7 Å². The van der Waals surface area contributed by atoms with Crippen LogP contribution >= 0.6 is 12.2 Å². The smallest absolute Gasteiger partial charge is 0.257 e. The average Bonchev–Trinajstić information content (AvgIpc) is 2.80. The van der Waals surface area contributed by atoms with Crippen molar-refractivity contribution in [3.8, 4) is 5.75 Å². The maximum Gasteiger partial charge on any atom is 0.257 e. The van der Waals surface area contributed by atoms with Gasteiger partial charge in [-0.15, -0.1) is 0 Å². The SMILES string of the molecule is CCCCOc1ccc(C(=O)NC(=S)Nc2ccc(S(=O)(=O)N3CCOCC3)cc2)cc1. The van der Waals surface area contributed by atoms with E-state index in [1.54, 1.807) is 36.4 Å². The molecule has 172 valence electrons. The summed E-state index contributed by atoms with van der Waals surface area (Å²) in [6, 6.07) is 13.1. The molecule has 10 heteroatoms. The highest BCUT2D eigenvalue weighted by Gasteiger charge is 2.26. The first-order valence-corrected chi connectivity index (χ1v) is 12.3. The largest absolute Gasteiger partial charge is 0.494 e. The lowest BCUT2D eigenvalue weighted by Gasteiger charge is -2.26. The summed E-state index contributed by atoms with van der Waals surface area (Å²) in [7, 11) is -3.56. The number of amides is 1. The first kappa shape index (κ1) is 24.1. The van der Waals surface area contributed by atoms with E-state index >= 15 is 0 Å². The molecule has 2 aromatic rings. The van der Waals surface area contributed by atoms with Crippen LogP contribution in [0.25, 0.3) is 0 Å². The van der Waals surface area contributed by atoms with Gasteiger partial charge in [-0.2, -0.15) is 4.31 Å². The molecular formula is C22H27N3O5S2. The number of benzene rings is 2. The van der Waals surface area contributed by atoms with Crippen LogP contribution in [0, 0.1) is 0 Å². The highest BCUT2D eigenvalue weighted by atomic mass is 32.2. The van der Waals surface area contributed by atoms with Crippen LogP contribution in [0.4, 0.5) is 5.69 Å². The molecule has 0 aliphatic carbocycles. The standard InChI is InChI=1S/C22H27N3O5S2/c1-2-3-14-30-19-8-4-17(5-9-19)21(26)24-22(31)23-18-6-10-20(11-7-18)32(27,28)25-12-15-29-16-13-25/h4-11H,2-3,12-16H2,1H3,(H2,23,24,26,31). The second kappa shape index (κ2) is 11.4. The molecule has 0 bridgehead atoms. The number of unbranched alkanes of at least 4 members (excludes halogenated alkanes) is 1. The van der Waals surface area contributed by atoms with Gasteiger partial charge in [0.05, 0.1) is 24.7 Å². The number of hydrogen-bond donors (Lipinski definition) is 2. The van der Waals surface area contributed by atoms with Gasteiger partial charge < -0.3 is 14.8 Å². The molecular weight excluding hydrogens is 450 g/mol. The Balaban J connectivity index is 1.53. The molecule has 0 saturated carbocycles. The summed E-state index contributed by atoms with van der Waals surface area (Å²) in [5.41, 5.74) is 1.01. The monoisotopic (exact) mass is 477 g/mol. The van der Waals surface area contributed by atoms with Crippen molar-refractivity contribution >= 4 is 38.9 Å². The fourth-order valence-corrected chi connectivity index (χ4v) is 4.64. The number of anilines is 1. The first-order chi connectivity index (χ1) is 15.4. The Morgan fingerprint density at radius 3 is 2.38 bits per heavy atom. The predicted molar refractivity (Wildman–Crippen MR) is 127 cm³/mol. The van der Waals surface area contributed by atoms with Gasteiger partial charge in [-0.3, -0.25) is 10.1 Å². The van der Waals surface area contributed by atoms with Gasteiger partial charge in [0.25, 0.3) is 5.91 Å². The summed E-state index contributed by atoms with van der Waals surface area (Å²) in [6.45, 7) is 4.19. The minimum Gasteiger partial charge on any atom is -0.494 e. The van der Waals surface area contributed by atoms with Crippen molar-refractivity contribution in [1.29, 1.82) is 0 Å². The van der Waals surface area contributed by atoms with Crippen LogP contribution in [0.3, 0.4) is 0 Å². The van der Waals surface area contributed by atoms with E-state index in [1.807, 2.05) is 0 Å². The van der Waals surface area contributed by atoms with Crippen molar-refractivity contribution in [3.63, 3.8) is 0 Å². The molecule has 0 unspecified atom stereocenters. The zero-order chi connectivity index (χ0) is 23.0. The second-order valence-corrected chi connectivity index (χ2v) is 9.52. The Bertz CT molecular complexity index is 1020. The molecule has 1 aliphatic heterocycles. The summed E-state index contributed by atoms with van der Waals surface area (Å²) >= 11 is 5.21. The fourth-order valence-electron chi connectivity index (χ4n) is 3.02. The number of rotatable bonds is 8. The fraction of sp³-hybridized carbons (Fsp3) is 0.364. The minimum atomic E-state index is -3.56. The van der Waals surface area contributed by atoms with E-state index in [2.05, 4.69) is 17.6 Å². The summed E-state index contributed by atoms with van der Waals surface area (Å²) in [5, 5.41) is 5.62. The highest BCUT2D eigenvalue weighted by molar-refractivity contribution is 7.89. The summed E-state index contributed by atoms with van der Waals surface area (Å²) in [5.74, 6) is 0.358. The summed E-state index contributed by atoms with van der Waals surface area (Å²) in [6.07, 6.45) is 2.03. The second-order valence-electron chi connectivity index (χ2n) is 7.18. The number of carbonyl (C=O) groups is 1. The van der Waals surface area contributed by atoms with Crippen molar-refractivity contribution in [2.75, 3.05) is 38.2 Å². The van der Waals surface area contributed by atoms with E-state index in [0.717, 1.165) is 12.8 Å². The zero-order valence-electron chi connectivity index (χ0n) is 17.9. The Kier molecular flexibility index (Phi) is 8.57. The van der Waals surface area contributed by atoms with Gasteiger partial charge in [-0.25, -0.2) is 8.42 Å². The third-order valence-corrected chi connectivity index (χ3v) is 6.95. The molecule has 1 heterocycles. The Hall–Kier alpha value is -2.53. The topological polar surface area (TPSA) is 97.0 Å². The van der Waals surface area contributed by atoms with Gasteiger partial charge in [0.2, 0.25) is 10.0 Å². The number of thiocarbonyl (C=S) groups is 1. The Labute approximate surface area is 193 Å². The number of hydrogen-bond acceptors (Lipinski definition) is 6. The molecule has 0 aromatic heterocycles. The quantitative estimate of drug-likeness (QED) is 0.446. The lowest BCUT2D eigenvalue weighted by atomic mass is 10.2. The summed E-state index contributed by atoms with van der Waals surface area (Å²) in [4.78, 5) is 12.6. The number of ether oxygens (including phenoxy) is 2. The molecule has 1 saturated heterocycles. The van der Waals surface area contributed by atoms with Crippen molar-refractivity contribution in [2.24, 2.45) is 0 Å². The van der Waals surface area contributed by atoms with Crippen molar-refractivity contribution in [3.05, 3.63) is 54.1 Å². The number of carbonyl (C=O) groups excluding carboxylic acids is 1. The number of sulfonamides is 1. The van der Waals surface area contributed by atoms with Gasteiger partial charge in [0.15, 0.2) is 5.11 Å². The van der Waals surface area contributed by atoms with Gasteiger partial charge in [0.1, 0.15) is 5.75 Å². The van der Waals surface area contributed by atoms with Crippen LogP contribution in [-0.4, -0.2) is 56.7 Å². The maximum absolute atomic E-state index is 12.7. The van der Waals surface area contributed by atoms with Crippen LogP contribution in [0.5, 0.6) is 5.75 Å². The van der Waals surface area contributed by atoms with E-state index in [9.17, 15) is 13.2 Å². The van der Waals surface area contributed by atoms with Gasteiger partial charge >= 0.3 is 0 Å². The molecule has 0 spiro atoms. The molecule has 1 aliphatic rings. The molecule has 0 radical (unpaired) electrons. The normalized spacial score (nSPS) is 14.5. The van der Waals surface area contributed by atoms with Crippen molar-refractivity contribution in [2.45, 2.75) is 24.7 Å². The number of nitrogens with zero attached hydrogens (tertiary/aromatic N) is 1. The molecule has 8 nitrogen and oxygen atoms in total.